The number of aromatic nitrogens is 1. The number of carbonyl (C=O) groups is 2. The van der Waals surface area contributed by atoms with Gasteiger partial charge in [0.25, 0.3) is 0 Å². The second-order valence-corrected chi connectivity index (χ2v) is 12.0. The zero-order chi connectivity index (χ0) is 26.7. The number of rotatable bonds is 4. The number of thiazole rings is 1. The number of hydrogen-bond donors (Lipinski definition) is 3. The van der Waals surface area contributed by atoms with Crippen molar-refractivity contribution in [3.05, 3.63) is 22.2 Å². The van der Waals surface area contributed by atoms with Crippen molar-refractivity contribution in [1.29, 1.82) is 0 Å². The van der Waals surface area contributed by atoms with Gasteiger partial charge in [-0.2, -0.15) is 0 Å². The number of cyclic esters (lactones) is 1. The summed E-state index contributed by atoms with van der Waals surface area (Å²) in [5, 5.41) is 24.6. The van der Waals surface area contributed by atoms with Crippen LogP contribution < -0.4 is 5.73 Å². The number of ether oxygens (including phenoxy) is 2. The fourth-order valence-corrected chi connectivity index (χ4v) is 5.73. The quantitative estimate of drug-likeness (QED) is 0.403. The van der Waals surface area contributed by atoms with Gasteiger partial charge >= 0.3 is 5.97 Å². The Morgan fingerprint density at radius 2 is 2.00 bits per heavy atom. The number of Topliss-reactive ketones (excluding diaryl/α,β-unsaturated/α-hetero) is 1. The van der Waals surface area contributed by atoms with Crippen LogP contribution in [0.5, 0.6) is 0 Å². The molecule has 0 spiro atoms. The summed E-state index contributed by atoms with van der Waals surface area (Å²) < 4.78 is 11.8. The predicted octanol–water partition coefficient (Wildman–Crippen LogP) is 3.63. The highest BCUT2D eigenvalue weighted by atomic mass is 32.1. The van der Waals surface area contributed by atoms with E-state index in [4.69, 9.17) is 15.2 Å². The monoisotopic (exact) mass is 522 g/mol. The third kappa shape index (κ3) is 6.81. The lowest BCUT2D eigenvalue weighted by Gasteiger charge is -2.35. The summed E-state index contributed by atoms with van der Waals surface area (Å²) in [7, 11) is 0. The molecule has 1 aromatic rings. The van der Waals surface area contributed by atoms with Crippen molar-refractivity contribution >= 4 is 29.2 Å². The lowest BCUT2D eigenvalue weighted by molar-refractivity contribution is -0.154. The Hall–Kier alpha value is -1.65. The summed E-state index contributed by atoms with van der Waals surface area (Å²) in [4.78, 5) is 30.7. The van der Waals surface area contributed by atoms with Gasteiger partial charge in [0.2, 0.25) is 0 Å². The molecule has 202 valence electrons. The van der Waals surface area contributed by atoms with E-state index in [0.717, 1.165) is 30.0 Å². The maximum atomic E-state index is 13.4. The van der Waals surface area contributed by atoms with Crippen molar-refractivity contribution in [2.45, 2.75) is 110 Å². The first kappa shape index (κ1) is 28.9. The molecule has 2 aliphatic heterocycles. The average molecular weight is 523 g/mol. The lowest BCUT2D eigenvalue weighted by atomic mass is 9.71. The summed E-state index contributed by atoms with van der Waals surface area (Å²) in [6.45, 7) is 9.53. The number of carbonyl (C=O) groups excluding carboxylic acids is 2. The Morgan fingerprint density at radius 3 is 2.64 bits per heavy atom. The molecule has 2 saturated heterocycles. The van der Waals surface area contributed by atoms with Crippen LogP contribution >= 0.6 is 11.3 Å². The normalized spacial score (nSPS) is 36.4. The molecule has 9 heteroatoms. The first-order valence-corrected chi connectivity index (χ1v) is 13.9. The Bertz CT molecular complexity index is 946. The molecule has 4 N–H and O–H groups in total. The van der Waals surface area contributed by atoms with Crippen LogP contribution in [0.3, 0.4) is 0 Å². The number of ketones is 1. The van der Waals surface area contributed by atoms with Gasteiger partial charge in [-0.05, 0) is 44.3 Å². The molecule has 8 nitrogen and oxygen atoms in total. The van der Waals surface area contributed by atoms with Gasteiger partial charge in [0.1, 0.15) is 16.9 Å². The second-order valence-electron chi connectivity index (χ2n) is 11.1. The van der Waals surface area contributed by atoms with Gasteiger partial charge in [-0.15, -0.1) is 11.3 Å². The van der Waals surface area contributed by atoms with E-state index in [9.17, 15) is 19.8 Å². The predicted molar refractivity (Wildman–Crippen MR) is 139 cm³/mol. The van der Waals surface area contributed by atoms with E-state index in [2.05, 4.69) is 11.9 Å². The first-order chi connectivity index (χ1) is 16.9. The third-order valence-corrected chi connectivity index (χ3v) is 8.81. The number of esters is 1. The fourth-order valence-electron chi connectivity index (χ4n) is 5.08. The van der Waals surface area contributed by atoms with Crippen molar-refractivity contribution in [2.24, 2.45) is 23.0 Å². The van der Waals surface area contributed by atoms with Crippen LogP contribution in [0.1, 0.15) is 83.8 Å². The maximum absolute atomic E-state index is 13.4. The standard InChI is InChI=1S/C27H42N2O6S/c1-6-19-24(32)16(2)8-7-11-27(5)21(35-27)12-18(10-9-17-15-36-22(14-28)29-17)34-23(31)13-20(30)26(3,4)25(19)33/h9-10,15-16,18-21,24,30,32H,6-8,11-14,28H2,1-5H3/b10-9+/t16-,18+,19+,20-,21-,24-,27+/m0/s1. The van der Waals surface area contributed by atoms with Gasteiger partial charge in [-0.1, -0.05) is 34.1 Å². The minimum atomic E-state index is -1.24. The SMILES string of the molecule is CC[C@H]1C(=O)C(C)(C)[C@@H](O)CC(=O)O[C@H](/C=C/c2csc(CN)n2)C[C@@H]2O[C@]2(C)CCC[C@H](C)[C@@H]1O. The van der Waals surface area contributed by atoms with Crippen LogP contribution in [-0.4, -0.2) is 57.0 Å². The van der Waals surface area contributed by atoms with Crippen LogP contribution in [0.2, 0.25) is 0 Å². The molecule has 0 aromatic carbocycles. The van der Waals surface area contributed by atoms with Crippen molar-refractivity contribution in [3.63, 3.8) is 0 Å². The Kier molecular flexibility index (Phi) is 9.49. The number of epoxide rings is 1. The molecule has 7 atom stereocenters. The summed E-state index contributed by atoms with van der Waals surface area (Å²) in [5.74, 6) is -1.50. The van der Waals surface area contributed by atoms with Gasteiger partial charge in [0, 0.05) is 24.3 Å². The molecule has 0 unspecified atom stereocenters. The van der Waals surface area contributed by atoms with E-state index in [1.54, 1.807) is 19.9 Å². The van der Waals surface area contributed by atoms with Gasteiger partial charge in [0.05, 0.1) is 41.4 Å². The van der Waals surface area contributed by atoms with Crippen molar-refractivity contribution in [1.82, 2.24) is 4.98 Å². The smallest absolute Gasteiger partial charge is 0.309 e. The summed E-state index contributed by atoms with van der Waals surface area (Å²) >= 11 is 1.47. The molecule has 0 aliphatic carbocycles. The molecule has 0 radical (unpaired) electrons. The summed E-state index contributed by atoms with van der Waals surface area (Å²) in [5.41, 5.74) is 4.88. The molecule has 3 heterocycles. The first-order valence-electron chi connectivity index (χ1n) is 13.0. The van der Waals surface area contributed by atoms with E-state index in [0.29, 0.717) is 19.4 Å². The Labute approximate surface area is 218 Å². The van der Waals surface area contributed by atoms with E-state index < -0.39 is 35.6 Å². The molecular weight excluding hydrogens is 480 g/mol. The number of nitrogens with zero attached hydrogens (tertiary/aromatic N) is 1. The molecule has 2 fully saturated rings. The molecule has 0 amide bonds. The topological polar surface area (TPSA) is 135 Å². The molecule has 0 bridgehead atoms. The van der Waals surface area contributed by atoms with Crippen LogP contribution in [0.25, 0.3) is 6.08 Å². The maximum Gasteiger partial charge on any atom is 0.309 e. The van der Waals surface area contributed by atoms with E-state index >= 15 is 0 Å². The van der Waals surface area contributed by atoms with Crippen molar-refractivity contribution < 1.29 is 29.3 Å². The number of nitrogens with two attached hydrogens (primary N) is 1. The van der Waals surface area contributed by atoms with E-state index in [1.807, 2.05) is 25.3 Å². The highest BCUT2D eigenvalue weighted by Crippen LogP contribution is 2.44. The number of fused-ring (bicyclic) bond motifs is 1. The van der Waals surface area contributed by atoms with Crippen LogP contribution in [-0.2, 0) is 25.6 Å². The summed E-state index contributed by atoms with van der Waals surface area (Å²) in [6.07, 6.45) is 4.01. The Morgan fingerprint density at radius 1 is 1.28 bits per heavy atom. The largest absolute Gasteiger partial charge is 0.458 e. The fraction of sp³-hybridized carbons (Fsp3) is 0.741. The highest BCUT2D eigenvalue weighted by molar-refractivity contribution is 7.09. The minimum Gasteiger partial charge on any atom is -0.458 e. The minimum absolute atomic E-state index is 0.0607. The number of aliphatic hydroxyl groups is 2. The van der Waals surface area contributed by atoms with Crippen LogP contribution in [0.4, 0.5) is 0 Å². The Balaban J connectivity index is 1.82. The molecule has 2 aliphatic rings. The number of aliphatic hydroxyl groups excluding tert-OH is 2. The van der Waals surface area contributed by atoms with Gasteiger partial charge in [-0.3, -0.25) is 9.59 Å². The lowest BCUT2D eigenvalue weighted by Crippen LogP contribution is -2.46. The van der Waals surface area contributed by atoms with Gasteiger partial charge in [0.15, 0.2) is 0 Å². The molecular formula is C27H42N2O6S. The zero-order valence-corrected chi connectivity index (χ0v) is 22.9. The highest BCUT2D eigenvalue weighted by Gasteiger charge is 2.52. The molecule has 0 saturated carbocycles. The zero-order valence-electron chi connectivity index (χ0n) is 22.1. The summed E-state index contributed by atoms with van der Waals surface area (Å²) in [6, 6.07) is 0. The third-order valence-electron chi connectivity index (χ3n) is 7.92. The second kappa shape index (κ2) is 11.8. The van der Waals surface area contributed by atoms with Crippen molar-refractivity contribution in [3.8, 4) is 0 Å². The van der Waals surface area contributed by atoms with Gasteiger partial charge in [-0.25, -0.2) is 4.98 Å². The van der Waals surface area contributed by atoms with Crippen LogP contribution in [0, 0.1) is 17.3 Å². The molecule has 3 rings (SSSR count). The van der Waals surface area contributed by atoms with Gasteiger partial charge < -0.3 is 25.4 Å². The number of hydrogen-bond acceptors (Lipinski definition) is 9. The molecule has 36 heavy (non-hydrogen) atoms. The van der Waals surface area contributed by atoms with Crippen LogP contribution in [0.15, 0.2) is 11.5 Å². The average Bonchev–Trinajstić information content (AvgIpc) is 3.23. The van der Waals surface area contributed by atoms with Crippen molar-refractivity contribution in [2.75, 3.05) is 0 Å². The van der Waals surface area contributed by atoms with E-state index in [1.165, 1.54) is 11.3 Å². The molecule has 1 aromatic heterocycles. The van der Waals surface area contributed by atoms with E-state index in [-0.39, 0.29) is 29.8 Å².